The van der Waals surface area contributed by atoms with Crippen molar-refractivity contribution in [1.82, 2.24) is 5.32 Å². The van der Waals surface area contributed by atoms with E-state index in [2.05, 4.69) is 11.4 Å². The summed E-state index contributed by atoms with van der Waals surface area (Å²) in [5.41, 5.74) is 0.627. The molecule has 0 radical (unpaired) electrons. The summed E-state index contributed by atoms with van der Waals surface area (Å²) >= 11 is 11.6. The second-order valence-electron chi connectivity index (χ2n) is 3.54. The molecule has 0 heterocycles. The molecule has 0 spiro atoms. The Hall–Kier alpha value is -0.950. The number of nitrogens with one attached hydrogen (secondary N) is 1. The molecule has 16 heavy (non-hydrogen) atoms. The van der Waals surface area contributed by atoms with Gasteiger partial charge in [-0.05, 0) is 19.1 Å². The van der Waals surface area contributed by atoms with E-state index >= 15 is 0 Å². The van der Waals surface area contributed by atoms with E-state index in [1.807, 2.05) is 6.92 Å². The Balaban J connectivity index is 2.71. The first kappa shape index (κ1) is 13.1. The normalized spacial score (nSPS) is 12.1. The largest absolute Gasteiger partial charge is 0.506 e. The third kappa shape index (κ3) is 3.57. The van der Waals surface area contributed by atoms with Gasteiger partial charge in [-0.25, -0.2) is 0 Å². The van der Waals surface area contributed by atoms with Crippen molar-refractivity contribution in [2.75, 3.05) is 0 Å². The lowest BCUT2D eigenvalue weighted by molar-refractivity contribution is 0.460. The van der Waals surface area contributed by atoms with E-state index in [9.17, 15) is 5.11 Å². The third-order valence-electron chi connectivity index (χ3n) is 2.15. The molecule has 0 aliphatic rings. The molecule has 1 rings (SSSR count). The summed E-state index contributed by atoms with van der Waals surface area (Å²) in [5, 5.41) is 22.0. The molecule has 0 saturated heterocycles. The van der Waals surface area contributed by atoms with Crippen molar-refractivity contribution >= 4 is 23.2 Å². The average molecular weight is 259 g/mol. The molecule has 0 fully saturated rings. The lowest BCUT2D eigenvalue weighted by atomic mass is 10.1. The van der Waals surface area contributed by atoms with Gasteiger partial charge in [0.2, 0.25) is 0 Å². The van der Waals surface area contributed by atoms with Gasteiger partial charge in [-0.15, -0.1) is 0 Å². The number of nitriles is 1. The van der Waals surface area contributed by atoms with Crippen molar-refractivity contribution in [2.45, 2.75) is 25.9 Å². The summed E-state index contributed by atoms with van der Waals surface area (Å²) in [4.78, 5) is 0. The number of hydrogen-bond donors (Lipinski definition) is 2. The number of hydrogen-bond acceptors (Lipinski definition) is 3. The van der Waals surface area contributed by atoms with Crippen LogP contribution in [-0.2, 0) is 6.54 Å². The lowest BCUT2D eigenvalue weighted by Crippen LogP contribution is -2.24. The number of rotatable bonds is 4. The minimum atomic E-state index is 0.0303. The molecule has 0 aliphatic heterocycles. The van der Waals surface area contributed by atoms with Gasteiger partial charge < -0.3 is 10.4 Å². The predicted molar refractivity (Wildman–Crippen MR) is 64.7 cm³/mol. The highest BCUT2D eigenvalue weighted by Crippen LogP contribution is 2.30. The summed E-state index contributed by atoms with van der Waals surface area (Å²) in [7, 11) is 0. The maximum Gasteiger partial charge on any atom is 0.138 e. The van der Waals surface area contributed by atoms with Gasteiger partial charge >= 0.3 is 0 Å². The molecule has 0 saturated carbocycles. The average Bonchev–Trinajstić information content (AvgIpc) is 2.21. The topological polar surface area (TPSA) is 56.0 Å². The van der Waals surface area contributed by atoms with Gasteiger partial charge in [0.25, 0.3) is 0 Å². The van der Waals surface area contributed by atoms with Crippen LogP contribution in [0.3, 0.4) is 0 Å². The lowest BCUT2D eigenvalue weighted by Gasteiger charge is -2.12. The molecule has 5 heteroatoms. The molecular formula is C11H12Cl2N2O. The van der Waals surface area contributed by atoms with E-state index in [0.29, 0.717) is 23.6 Å². The van der Waals surface area contributed by atoms with Crippen LogP contribution >= 0.6 is 23.2 Å². The molecule has 0 aromatic heterocycles. The van der Waals surface area contributed by atoms with Crippen molar-refractivity contribution in [3.05, 3.63) is 27.7 Å². The second-order valence-corrected chi connectivity index (χ2v) is 4.38. The Bertz CT molecular complexity index is 415. The zero-order valence-corrected chi connectivity index (χ0v) is 10.3. The van der Waals surface area contributed by atoms with Crippen molar-refractivity contribution in [3.63, 3.8) is 0 Å². The first-order valence-electron chi connectivity index (χ1n) is 4.81. The summed E-state index contributed by atoms with van der Waals surface area (Å²) in [6.07, 6.45) is 0.412. The summed E-state index contributed by atoms with van der Waals surface area (Å²) in [6.45, 7) is 2.32. The number of nitrogens with zero attached hydrogens (tertiary/aromatic N) is 1. The van der Waals surface area contributed by atoms with Crippen LogP contribution in [0.5, 0.6) is 5.75 Å². The van der Waals surface area contributed by atoms with Crippen LogP contribution in [0.1, 0.15) is 18.9 Å². The first-order chi connectivity index (χ1) is 7.54. The Labute approximate surface area is 105 Å². The Kier molecular flexibility index (Phi) is 4.88. The fourth-order valence-electron chi connectivity index (χ4n) is 1.25. The zero-order valence-electron chi connectivity index (χ0n) is 8.80. The molecule has 2 N–H and O–H groups in total. The predicted octanol–water partition coefficient (Wildman–Crippen LogP) is 3.09. The maximum atomic E-state index is 9.67. The van der Waals surface area contributed by atoms with Gasteiger partial charge in [-0.3, -0.25) is 0 Å². The number of halogens is 2. The van der Waals surface area contributed by atoms with Crippen molar-refractivity contribution in [3.8, 4) is 11.8 Å². The molecule has 0 aliphatic carbocycles. The van der Waals surface area contributed by atoms with Gasteiger partial charge in [0.15, 0.2) is 0 Å². The molecule has 1 aromatic rings. The van der Waals surface area contributed by atoms with E-state index in [0.717, 1.165) is 0 Å². The molecular weight excluding hydrogens is 247 g/mol. The Morgan fingerprint density at radius 1 is 1.50 bits per heavy atom. The van der Waals surface area contributed by atoms with Crippen LogP contribution in [0.15, 0.2) is 12.1 Å². The second kappa shape index (κ2) is 5.95. The SMILES string of the molecule is CC(CC#N)NCc1cc(Cl)cc(Cl)c1O. The van der Waals surface area contributed by atoms with Crippen LogP contribution < -0.4 is 5.32 Å². The van der Waals surface area contributed by atoms with Crippen LogP contribution in [-0.4, -0.2) is 11.1 Å². The van der Waals surface area contributed by atoms with E-state index in [1.165, 1.54) is 6.07 Å². The van der Waals surface area contributed by atoms with E-state index in [-0.39, 0.29) is 16.8 Å². The number of benzene rings is 1. The summed E-state index contributed by atoms with van der Waals surface area (Å²) in [5.74, 6) is 0.0303. The Morgan fingerprint density at radius 3 is 2.81 bits per heavy atom. The number of phenols is 1. The van der Waals surface area contributed by atoms with Gasteiger partial charge in [-0.2, -0.15) is 5.26 Å². The minimum Gasteiger partial charge on any atom is -0.506 e. The van der Waals surface area contributed by atoms with Crippen molar-refractivity contribution in [2.24, 2.45) is 0 Å². The molecule has 1 atom stereocenters. The molecule has 1 aromatic carbocycles. The van der Waals surface area contributed by atoms with E-state index in [4.69, 9.17) is 28.5 Å². The van der Waals surface area contributed by atoms with Crippen molar-refractivity contribution in [1.29, 1.82) is 5.26 Å². The van der Waals surface area contributed by atoms with Crippen LogP contribution in [0.25, 0.3) is 0 Å². The number of aromatic hydroxyl groups is 1. The molecule has 1 unspecified atom stereocenters. The first-order valence-corrected chi connectivity index (χ1v) is 5.57. The minimum absolute atomic E-state index is 0.0303. The quantitative estimate of drug-likeness (QED) is 0.873. The monoisotopic (exact) mass is 258 g/mol. The fraction of sp³-hybridized carbons (Fsp3) is 0.364. The molecule has 0 amide bonds. The number of phenolic OH excluding ortho intramolecular Hbond substituents is 1. The van der Waals surface area contributed by atoms with Gasteiger partial charge in [0, 0.05) is 23.2 Å². The van der Waals surface area contributed by atoms with Crippen LogP contribution in [0.2, 0.25) is 10.0 Å². The fourth-order valence-corrected chi connectivity index (χ4v) is 1.78. The van der Waals surface area contributed by atoms with Crippen LogP contribution in [0, 0.1) is 11.3 Å². The zero-order chi connectivity index (χ0) is 12.1. The molecule has 0 bridgehead atoms. The van der Waals surface area contributed by atoms with Gasteiger partial charge in [0.05, 0.1) is 17.5 Å². The standard InChI is InChI=1S/C11H12Cl2N2O/c1-7(2-3-14)15-6-8-4-9(12)5-10(13)11(8)16/h4-5,7,15-16H,2,6H2,1H3. The maximum absolute atomic E-state index is 9.67. The van der Waals surface area contributed by atoms with E-state index in [1.54, 1.807) is 6.07 Å². The third-order valence-corrected chi connectivity index (χ3v) is 2.65. The van der Waals surface area contributed by atoms with Crippen molar-refractivity contribution < 1.29 is 5.11 Å². The summed E-state index contributed by atoms with van der Waals surface area (Å²) in [6, 6.07) is 5.26. The molecule has 86 valence electrons. The highest BCUT2D eigenvalue weighted by atomic mass is 35.5. The van der Waals surface area contributed by atoms with Gasteiger partial charge in [0.1, 0.15) is 5.75 Å². The highest BCUT2D eigenvalue weighted by molar-refractivity contribution is 6.35. The van der Waals surface area contributed by atoms with Crippen LogP contribution in [0.4, 0.5) is 0 Å². The highest BCUT2D eigenvalue weighted by Gasteiger charge is 2.09. The summed E-state index contributed by atoms with van der Waals surface area (Å²) < 4.78 is 0. The molecule has 3 nitrogen and oxygen atoms in total. The van der Waals surface area contributed by atoms with E-state index < -0.39 is 0 Å². The van der Waals surface area contributed by atoms with Gasteiger partial charge in [-0.1, -0.05) is 23.2 Å². The Morgan fingerprint density at radius 2 is 2.19 bits per heavy atom. The smallest absolute Gasteiger partial charge is 0.138 e.